The van der Waals surface area contributed by atoms with E-state index in [9.17, 15) is 18.0 Å². The van der Waals surface area contributed by atoms with E-state index in [-0.39, 0.29) is 23.3 Å². The maximum absolute atomic E-state index is 14.0. The molecule has 4 aromatic rings. The topological polar surface area (TPSA) is 86.8 Å². The van der Waals surface area contributed by atoms with E-state index in [0.717, 1.165) is 31.8 Å². The van der Waals surface area contributed by atoms with Crippen molar-refractivity contribution in [2.24, 2.45) is 5.92 Å². The average Bonchev–Trinajstić information content (AvgIpc) is 2.98. The van der Waals surface area contributed by atoms with Gasteiger partial charge in [0.05, 0.1) is 11.4 Å². The van der Waals surface area contributed by atoms with Crippen LogP contribution >= 0.6 is 0 Å². The molecule has 1 N–H and O–H groups in total. The first-order valence-electron chi connectivity index (χ1n) is 14.2. The second kappa shape index (κ2) is 13.8. The highest BCUT2D eigenvalue weighted by molar-refractivity contribution is 7.89. The van der Waals surface area contributed by atoms with Crippen LogP contribution in [0.2, 0.25) is 0 Å². The highest BCUT2D eigenvalue weighted by atomic mass is 32.2. The molecule has 0 fully saturated rings. The van der Waals surface area contributed by atoms with Crippen LogP contribution in [0, 0.1) is 12.8 Å². The van der Waals surface area contributed by atoms with Gasteiger partial charge < -0.3 is 10.2 Å². The molecule has 0 aliphatic carbocycles. The van der Waals surface area contributed by atoms with Gasteiger partial charge in [-0.1, -0.05) is 104 Å². The number of carbonyl (C=O) groups is 2. The highest BCUT2D eigenvalue weighted by Gasteiger charge is 2.33. The Bertz CT molecular complexity index is 1620. The molecule has 0 unspecified atom stereocenters. The standard InChI is InChI=1S/C34H39N3O4S/c1-25(2)22-35-34(39)32(20-27-10-6-5-7-11-27)37(23-28-16-14-26(3)15-17-28)33(38)24-36(4)42(40,41)31-19-18-29-12-8-9-13-30(29)21-31/h5-19,21,25,32H,20,22-24H2,1-4H3,(H,35,39)/t32-/m1/s1. The van der Waals surface area contributed by atoms with E-state index in [1.54, 1.807) is 18.2 Å². The van der Waals surface area contributed by atoms with E-state index in [1.165, 1.54) is 11.9 Å². The molecule has 4 aromatic carbocycles. The Morgan fingerprint density at radius 2 is 1.45 bits per heavy atom. The van der Waals surface area contributed by atoms with Crippen molar-refractivity contribution in [3.8, 4) is 0 Å². The molecule has 0 saturated heterocycles. The first-order valence-corrected chi connectivity index (χ1v) is 15.6. The molecule has 0 bridgehead atoms. The molecule has 4 rings (SSSR count). The summed E-state index contributed by atoms with van der Waals surface area (Å²) < 4.78 is 28.2. The normalized spacial score (nSPS) is 12.4. The predicted molar refractivity (Wildman–Crippen MR) is 167 cm³/mol. The summed E-state index contributed by atoms with van der Waals surface area (Å²) in [6, 6.07) is 28.9. The highest BCUT2D eigenvalue weighted by Crippen LogP contribution is 2.22. The van der Waals surface area contributed by atoms with Crippen LogP contribution < -0.4 is 5.32 Å². The average molecular weight is 586 g/mol. The third-order valence-electron chi connectivity index (χ3n) is 7.22. The monoisotopic (exact) mass is 585 g/mol. The van der Waals surface area contributed by atoms with Crippen molar-refractivity contribution in [1.29, 1.82) is 0 Å². The predicted octanol–water partition coefficient (Wildman–Crippen LogP) is 5.18. The Morgan fingerprint density at radius 1 is 0.810 bits per heavy atom. The van der Waals surface area contributed by atoms with Gasteiger partial charge in [0.1, 0.15) is 6.04 Å². The Balaban J connectivity index is 1.66. The first kappa shape index (κ1) is 30.9. The Kier molecular flexibility index (Phi) is 10.1. The van der Waals surface area contributed by atoms with E-state index in [4.69, 9.17) is 0 Å². The van der Waals surface area contributed by atoms with Gasteiger partial charge >= 0.3 is 0 Å². The minimum Gasteiger partial charge on any atom is -0.354 e. The molecular weight excluding hydrogens is 546 g/mol. The van der Waals surface area contributed by atoms with Gasteiger partial charge in [0.2, 0.25) is 21.8 Å². The number of hydrogen-bond donors (Lipinski definition) is 1. The number of fused-ring (bicyclic) bond motifs is 1. The van der Waals surface area contributed by atoms with Gasteiger partial charge in [0.25, 0.3) is 0 Å². The van der Waals surface area contributed by atoms with Gasteiger partial charge in [-0.3, -0.25) is 9.59 Å². The van der Waals surface area contributed by atoms with Crippen LogP contribution in [0.5, 0.6) is 0 Å². The molecule has 2 amide bonds. The van der Waals surface area contributed by atoms with Crippen molar-refractivity contribution >= 4 is 32.6 Å². The minimum absolute atomic E-state index is 0.108. The molecule has 1 atom stereocenters. The molecule has 42 heavy (non-hydrogen) atoms. The number of nitrogens with zero attached hydrogens (tertiary/aromatic N) is 2. The number of aryl methyl sites for hydroxylation is 1. The van der Waals surface area contributed by atoms with Crippen LogP contribution in [0.3, 0.4) is 0 Å². The molecule has 8 heteroatoms. The van der Waals surface area contributed by atoms with Crippen LogP contribution in [-0.2, 0) is 32.6 Å². The molecule has 0 aromatic heterocycles. The second-order valence-corrected chi connectivity index (χ2v) is 13.2. The quantitative estimate of drug-likeness (QED) is 0.248. The van der Waals surface area contributed by atoms with Gasteiger partial charge in [0.15, 0.2) is 0 Å². The lowest BCUT2D eigenvalue weighted by Crippen LogP contribution is -2.53. The fourth-order valence-electron chi connectivity index (χ4n) is 4.74. The van der Waals surface area contributed by atoms with Crippen molar-refractivity contribution in [3.05, 3.63) is 114 Å². The number of sulfonamides is 1. The van der Waals surface area contributed by atoms with Crippen molar-refractivity contribution < 1.29 is 18.0 Å². The number of carbonyl (C=O) groups excluding carboxylic acids is 2. The molecular formula is C34H39N3O4S. The van der Waals surface area contributed by atoms with Crippen molar-refractivity contribution in [3.63, 3.8) is 0 Å². The molecule has 0 aliphatic heterocycles. The fourth-order valence-corrected chi connectivity index (χ4v) is 5.90. The third-order valence-corrected chi connectivity index (χ3v) is 9.02. The third kappa shape index (κ3) is 7.84. The summed E-state index contributed by atoms with van der Waals surface area (Å²) in [4.78, 5) is 29.3. The zero-order valence-electron chi connectivity index (χ0n) is 24.7. The summed E-state index contributed by atoms with van der Waals surface area (Å²) in [6.07, 6.45) is 0.295. The summed E-state index contributed by atoms with van der Waals surface area (Å²) in [7, 11) is -2.58. The number of amides is 2. The van der Waals surface area contributed by atoms with E-state index >= 15 is 0 Å². The Hall–Kier alpha value is -4.01. The summed E-state index contributed by atoms with van der Waals surface area (Å²) in [5.41, 5.74) is 2.83. The maximum Gasteiger partial charge on any atom is 0.243 e. The molecule has 7 nitrogen and oxygen atoms in total. The SMILES string of the molecule is Cc1ccc(CN(C(=O)CN(C)S(=O)(=O)c2ccc3ccccc3c2)[C@H](Cc2ccccc2)C(=O)NCC(C)C)cc1. The van der Waals surface area contributed by atoms with E-state index < -0.39 is 28.5 Å². The summed E-state index contributed by atoms with van der Waals surface area (Å²) in [5.74, 6) is -0.498. The summed E-state index contributed by atoms with van der Waals surface area (Å²) >= 11 is 0. The molecule has 0 aliphatic rings. The van der Waals surface area contributed by atoms with E-state index in [0.29, 0.717) is 13.0 Å². The number of rotatable bonds is 12. The van der Waals surface area contributed by atoms with Crippen molar-refractivity contribution in [1.82, 2.24) is 14.5 Å². The maximum atomic E-state index is 14.0. The number of nitrogens with one attached hydrogen (secondary N) is 1. The molecule has 0 saturated carbocycles. The molecule has 220 valence electrons. The van der Waals surface area contributed by atoms with Crippen LogP contribution in [0.25, 0.3) is 10.8 Å². The molecule has 0 heterocycles. The largest absolute Gasteiger partial charge is 0.354 e. The number of benzene rings is 4. The van der Waals surface area contributed by atoms with Crippen LogP contribution in [0.4, 0.5) is 0 Å². The van der Waals surface area contributed by atoms with Crippen LogP contribution in [0.1, 0.15) is 30.5 Å². The fraction of sp³-hybridized carbons (Fsp3) is 0.294. The molecule has 0 radical (unpaired) electrons. The summed E-state index contributed by atoms with van der Waals surface area (Å²) in [5, 5.41) is 4.72. The van der Waals surface area contributed by atoms with Crippen LogP contribution in [0.15, 0.2) is 102 Å². The smallest absolute Gasteiger partial charge is 0.243 e. The lowest BCUT2D eigenvalue weighted by atomic mass is 10.0. The number of likely N-dealkylation sites (N-methyl/N-ethyl adjacent to an activating group) is 1. The minimum atomic E-state index is -3.98. The first-order chi connectivity index (χ1) is 20.0. The van der Waals surface area contributed by atoms with Crippen LogP contribution in [-0.4, -0.2) is 55.6 Å². The van der Waals surface area contributed by atoms with Gasteiger partial charge in [-0.05, 0) is 46.9 Å². The van der Waals surface area contributed by atoms with Crippen molar-refractivity contribution in [2.75, 3.05) is 20.1 Å². The van der Waals surface area contributed by atoms with Gasteiger partial charge in [-0.2, -0.15) is 4.31 Å². The zero-order valence-corrected chi connectivity index (χ0v) is 25.5. The van der Waals surface area contributed by atoms with Gasteiger partial charge in [-0.15, -0.1) is 0 Å². The number of hydrogen-bond acceptors (Lipinski definition) is 4. The Morgan fingerprint density at radius 3 is 2.12 bits per heavy atom. The zero-order chi connectivity index (χ0) is 30.3. The lowest BCUT2D eigenvalue weighted by Gasteiger charge is -2.33. The van der Waals surface area contributed by atoms with Crippen molar-refractivity contribution in [2.45, 2.75) is 44.7 Å². The van der Waals surface area contributed by atoms with E-state index in [2.05, 4.69) is 5.32 Å². The van der Waals surface area contributed by atoms with E-state index in [1.807, 2.05) is 99.6 Å². The second-order valence-electron chi connectivity index (χ2n) is 11.1. The lowest BCUT2D eigenvalue weighted by molar-refractivity contribution is -0.141. The molecule has 0 spiro atoms. The Labute approximate surface area is 249 Å². The van der Waals surface area contributed by atoms with Gasteiger partial charge in [0, 0.05) is 26.6 Å². The van der Waals surface area contributed by atoms with Gasteiger partial charge in [-0.25, -0.2) is 8.42 Å². The summed E-state index contributed by atoms with van der Waals surface area (Å²) in [6.45, 7) is 6.21.